The average Bonchev–Trinajstić information content (AvgIpc) is 2.51. The van der Waals surface area contributed by atoms with Gasteiger partial charge in [0, 0.05) is 15.8 Å². The highest BCUT2D eigenvalue weighted by Crippen LogP contribution is 2.20. The molecule has 0 aliphatic rings. The Bertz CT molecular complexity index is 679. The Morgan fingerprint density at radius 2 is 1.95 bits per heavy atom. The maximum Gasteiger partial charge on any atom is 0.250 e. The number of halogens is 2. The van der Waals surface area contributed by atoms with Crippen LogP contribution < -0.4 is 5.43 Å². The first-order valence-corrected chi connectivity index (χ1v) is 8.49. The fraction of sp³-hybridized carbons (Fsp3) is 0.125. The zero-order valence-corrected chi connectivity index (χ0v) is 14.0. The van der Waals surface area contributed by atoms with Crippen molar-refractivity contribution in [1.29, 1.82) is 0 Å². The summed E-state index contributed by atoms with van der Waals surface area (Å²) in [6, 6.07) is 14.1. The van der Waals surface area contributed by atoms with E-state index >= 15 is 0 Å². The molecule has 0 radical (unpaired) electrons. The summed E-state index contributed by atoms with van der Waals surface area (Å²) in [6.45, 7) is 0. The quantitative estimate of drug-likeness (QED) is 0.608. The summed E-state index contributed by atoms with van der Waals surface area (Å²) >= 11 is 4.95. The predicted octanol–water partition coefficient (Wildman–Crippen LogP) is 3.97. The van der Waals surface area contributed by atoms with Gasteiger partial charge in [0.1, 0.15) is 5.82 Å². The molecule has 0 aliphatic heterocycles. The van der Waals surface area contributed by atoms with Crippen LogP contribution in [0.15, 0.2) is 58.1 Å². The van der Waals surface area contributed by atoms with Crippen molar-refractivity contribution in [1.82, 2.24) is 5.43 Å². The number of benzene rings is 2. The van der Waals surface area contributed by atoms with Crippen LogP contribution in [0.2, 0.25) is 0 Å². The van der Waals surface area contributed by atoms with E-state index in [2.05, 4.69) is 26.5 Å². The van der Waals surface area contributed by atoms with Gasteiger partial charge in [0.2, 0.25) is 5.91 Å². The fourth-order valence-corrected chi connectivity index (χ4v) is 3.09. The summed E-state index contributed by atoms with van der Waals surface area (Å²) in [5.41, 5.74) is 3.86. The van der Waals surface area contributed by atoms with Crippen LogP contribution in [-0.4, -0.2) is 17.9 Å². The highest BCUT2D eigenvalue weighted by atomic mass is 79.9. The predicted molar refractivity (Wildman–Crippen MR) is 92.4 cm³/mol. The van der Waals surface area contributed by atoms with Gasteiger partial charge in [-0.05, 0) is 17.7 Å². The Morgan fingerprint density at radius 3 is 2.73 bits per heavy atom. The van der Waals surface area contributed by atoms with Crippen LogP contribution in [0.25, 0.3) is 0 Å². The SMILES string of the molecule is O=C(CSCc1ccccc1Br)NN=Cc1ccccc1F. The van der Waals surface area contributed by atoms with Crippen LogP contribution in [0.1, 0.15) is 11.1 Å². The number of hydrogen-bond donors (Lipinski definition) is 1. The summed E-state index contributed by atoms with van der Waals surface area (Å²) in [5.74, 6) is 0.426. The molecule has 0 heterocycles. The van der Waals surface area contributed by atoms with E-state index in [1.54, 1.807) is 18.2 Å². The van der Waals surface area contributed by atoms with Crippen molar-refractivity contribution in [3.05, 3.63) is 69.9 Å². The molecule has 2 aromatic rings. The van der Waals surface area contributed by atoms with Gasteiger partial charge >= 0.3 is 0 Å². The van der Waals surface area contributed by atoms with E-state index in [1.807, 2.05) is 24.3 Å². The third-order valence-corrected chi connectivity index (χ3v) is 4.50. The molecule has 22 heavy (non-hydrogen) atoms. The van der Waals surface area contributed by atoms with Crippen LogP contribution in [0.5, 0.6) is 0 Å². The average molecular weight is 381 g/mol. The van der Waals surface area contributed by atoms with Crippen LogP contribution in [0, 0.1) is 5.82 Å². The molecule has 0 spiro atoms. The van der Waals surface area contributed by atoms with Crippen molar-refractivity contribution < 1.29 is 9.18 Å². The molecule has 1 amide bonds. The summed E-state index contributed by atoms with van der Waals surface area (Å²) in [5, 5.41) is 3.76. The second-order valence-electron chi connectivity index (χ2n) is 4.40. The third kappa shape index (κ3) is 5.27. The number of thioether (sulfide) groups is 1. The van der Waals surface area contributed by atoms with Crippen molar-refractivity contribution in [2.24, 2.45) is 5.10 Å². The zero-order chi connectivity index (χ0) is 15.8. The molecule has 0 aliphatic carbocycles. The van der Waals surface area contributed by atoms with Crippen LogP contribution >= 0.6 is 27.7 Å². The number of hydrazone groups is 1. The molecular formula is C16H14BrFN2OS. The first-order chi connectivity index (χ1) is 10.7. The smallest absolute Gasteiger partial charge is 0.250 e. The lowest BCUT2D eigenvalue weighted by Gasteiger charge is -2.03. The summed E-state index contributed by atoms with van der Waals surface area (Å²) < 4.78 is 14.4. The maximum absolute atomic E-state index is 13.3. The van der Waals surface area contributed by atoms with Crippen LogP contribution in [-0.2, 0) is 10.5 Å². The Hall–Kier alpha value is -1.66. The second-order valence-corrected chi connectivity index (χ2v) is 6.24. The minimum absolute atomic E-state index is 0.218. The first kappa shape index (κ1) is 16.7. The number of amides is 1. The summed E-state index contributed by atoms with van der Waals surface area (Å²) in [6.07, 6.45) is 1.30. The molecule has 0 unspecified atom stereocenters. The van der Waals surface area contributed by atoms with Gasteiger partial charge in [0.25, 0.3) is 0 Å². The van der Waals surface area contributed by atoms with Gasteiger partial charge in [-0.3, -0.25) is 4.79 Å². The molecule has 6 heteroatoms. The van der Waals surface area contributed by atoms with Crippen molar-refractivity contribution in [3.63, 3.8) is 0 Å². The van der Waals surface area contributed by atoms with Crippen molar-refractivity contribution in [2.75, 3.05) is 5.75 Å². The molecule has 114 valence electrons. The minimum atomic E-state index is -0.371. The Balaban J connectivity index is 1.75. The zero-order valence-electron chi connectivity index (χ0n) is 11.6. The minimum Gasteiger partial charge on any atom is -0.272 e. The highest BCUT2D eigenvalue weighted by Gasteiger charge is 2.03. The molecule has 0 fully saturated rings. The lowest BCUT2D eigenvalue weighted by Crippen LogP contribution is -2.19. The first-order valence-electron chi connectivity index (χ1n) is 6.54. The van der Waals surface area contributed by atoms with E-state index in [9.17, 15) is 9.18 Å². The number of carbonyl (C=O) groups excluding carboxylic acids is 1. The molecule has 1 N–H and O–H groups in total. The van der Waals surface area contributed by atoms with Crippen molar-refractivity contribution in [2.45, 2.75) is 5.75 Å². The second kappa shape index (κ2) is 8.70. The normalized spacial score (nSPS) is 10.8. The molecule has 0 saturated heterocycles. The van der Waals surface area contributed by atoms with E-state index in [1.165, 1.54) is 24.0 Å². The lowest BCUT2D eigenvalue weighted by molar-refractivity contribution is -0.118. The molecule has 2 rings (SSSR count). The largest absolute Gasteiger partial charge is 0.272 e. The van der Waals surface area contributed by atoms with E-state index in [0.717, 1.165) is 15.8 Å². The molecule has 0 aromatic heterocycles. The maximum atomic E-state index is 13.3. The Morgan fingerprint density at radius 1 is 1.23 bits per heavy atom. The van der Waals surface area contributed by atoms with Crippen molar-refractivity contribution in [3.8, 4) is 0 Å². The van der Waals surface area contributed by atoms with Gasteiger partial charge < -0.3 is 0 Å². The van der Waals surface area contributed by atoms with Gasteiger partial charge in [-0.1, -0.05) is 52.3 Å². The lowest BCUT2D eigenvalue weighted by atomic mass is 10.2. The molecular weight excluding hydrogens is 367 g/mol. The number of hydrogen-bond acceptors (Lipinski definition) is 3. The number of carbonyl (C=O) groups is 1. The van der Waals surface area contributed by atoms with E-state index in [-0.39, 0.29) is 17.5 Å². The van der Waals surface area contributed by atoms with Gasteiger partial charge in [-0.15, -0.1) is 11.8 Å². The van der Waals surface area contributed by atoms with Gasteiger partial charge in [-0.25, -0.2) is 9.82 Å². The van der Waals surface area contributed by atoms with Crippen LogP contribution in [0.4, 0.5) is 4.39 Å². The Labute approximate surface area is 141 Å². The number of rotatable bonds is 6. The third-order valence-electron chi connectivity index (χ3n) is 2.75. The van der Waals surface area contributed by atoms with Crippen molar-refractivity contribution >= 4 is 39.8 Å². The van der Waals surface area contributed by atoms with Gasteiger partial charge in [-0.2, -0.15) is 5.10 Å². The van der Waals surface area contributed by atoms with E-state index in [0.29, 0.717) is 5.56 Å². The molecule has 2 aromatic carbocycles. The molecule has 0 saturated carbocycles. The standard InChI is InChI=1S/C16H14BrFN2OS/c17-14-7-3-1-6-13(14)10-22-11-16(21)20-19-9-12-5-2-4-8-15(12)18/h1-9H,10-11H2,(H,20,21). The highest BCUT2D eigenvalue weighted by molar-refractivity contribution is 9.10. The van der Waals surface area contributed by atoms with E-state index in [4.69, 9.17) is 0 Å². The fourth-order valence-electron chi connectivity index (χ4n) is 1.66. The van der Waals surface area contributed by atoms with E-state index < -0.39 is 0 Å². The molecule has 3 nitrogen and oxygen atoms in total. The monoisotopic (exact) mass is 380 g/mol. The van der Waals surface area contributed by atoms with Gasteiger partial charge in [0.15, 0.2) is 0 Å². The number of nitrogens with one attached hydrogen (secondary N) is 1. The van der Waals surface area contributed by atoms with Gasteiger partial charge in [0.05, 0.1) is 12.0 Å². The molecule has 0 bridgehead atoms. The summed E-state index contributed by atoms with van der Waals surface area (Å²) in [4.78, 5) is 11.6. The Kier molecular flexibility index (Phi) is 6.61. The summed E-state index contributed by atoms with van der Waals surface area (Å²) in [7, 11) is 0. The molecule has 0 atom stereocenters. The van der Waals surface area contributed by atoms with Crippen LogP contribution in [0.3, 0.4) is 0 Å². The number of nitrogens with zero attached hydrogens (tertiary/aromatic N) is 1. The topological polar surface area (TPSA) is 41.5 Å².